The number of benzene rings is 1. The summed E-state index contributed by atoms with van der Waals surface area (Å²) in [7, 11) is 0. The molecular formula is C16H25F3N2. The van der Waals surface area contributed by atoms with Crippen molar-refractivity contribution in [3.05, 3.63) is 35.9 Å². The Morgan fingerprint density at radius 1 is 1.10 bits per heavy atom. The summed E-state index contributed by atoms with van der Waals surface area (Å²) in [6.07, 6.45) is -2.58. The second-order valence-electron chi connectivity index (χ2n) is 4.99. The molecule has 0 saturated carbocycles. The molecule has 1 N–H and O–H groups in total. The zero-order valence-electron chi connectivity index (χ0n) is 12.8. The quantitative estimate of drug-likeness (QED) is 0.909. The van der Waals surface area contributed by atoms with E-state index in [0.717, 1.165) is 31.5 Å². The Kier molecular flexibility index (Phi) is 7.75. The molecule has 0 atom stereocenters. The molecule has 1 aromatic carbocycles. The molecule has 0 aliphatic carbocycles. The first-order valence-electron chi connectivity index (χ1n) is 7.60. The van der Waals surface area contributed by atoms with E-state index < -0.39 is 12.7 Å². The van der Waals surface area contributed by atoms with Crippen LogP contribution in [-0.4, -0.2) is 36.8 Å². The number of hydrogen-bond donors (Lipinski definition) is 1. The van der Waals surface area contributed by atoms with E-state index in [2.05, 4.69) is 5.32 Å². The third-order valence-corrected chi connectivity index (χ3v) is 3.44. The van der Waals surface area contributed by atoms with E-state index in [1.54, 1.807) is 4.90 Å². The van der Waals surface area contributed by atoms with E-state index in [1.807, 2.05) is 44.2 Å². The standard InChI is InChI=1S/C14H19F3N2.C2H6/c15-14(16,17)11-19(13-6-8-18-9-7-13)10-12-4-2-1-3-5-12;1-2/h1-5,13,18H,6-11H2;1-2H3. The fraction of sp³-hybridized carbons (Fsp3) is 0.625. The van der Waals surface area contributed by atoms with Crippen molar-refractivity contribution in [1.29, 1.82) is 0 Å². The van der Waals surface area contributed by atoms with Crippen LogP contribution in [0.3, 0.4) is 0 Å². The molecule has 0 spiro atoms. The maximum Gasteiger partial charge on any atom is 0.401 e. The lowest BCUT2D eigenvalue weighted by atomic mass is 10.0. The first kappa shape index (κ1) is 18.0. The number of rotatable bonds is 4. The highest BCUT2D eigenvalue weighted by Gasteiger charge is 2.34. The first-order chi connectivity index (χ1) is 10.0. The molecule has 2 nitrogen and oxygen atoms in total. The minimum atomic E-state index is -4.14. The highest BCUT2D eigenvalue weighted by atomic mass is 19.4. The van der Waals surface area contributed by atoms with E-state index in [1.165, 1.54) is 0 Å². The van der Waals surface area contributed by atoms with Gasteiger partial charge in [0.05, 0.1) is 6.54 Å². The van der Waals surface area contributed by atoms with Gasteiger partial charge in [0.25, 0.3) is 0 Å². The lowest BCUT2D eigenvalue weighted by molar-refractivity contribution is -0.153. The molecule has 0 amide bonds. The molecule has 1 heterocycles. The maximum absolute atomic E-state index is 12.7. The summed E-state index contributed by atoms with van der Waals surface area (Å²) in [5, 5.41) is 3.19. The zero-order valence-corrected chi connectivity index (χ0v) is 12.8. The SMILES string of the molecule is CC.FC(F)(F)CN(Cc1ccccc1)C1CCNCC1. The maximum atomic E-state index is 12.7. The van der Waals surface area contributed by atoms with Gasteiger partial charge < -0.3 is 5.32 Å². The average molecular weight is 302 g/mol. The van der Waals surface area contributed by atoms with Crippen LogP contribution in [0.15, 0.2) is 30.3 Å². The summed E-state index contributed by atoms with van der Waals surface area (Å²) in [4.78, 5) is 1.57. The van der Waals surface area contributed by atoms with Crippen molar-refractivity contribution in [3.8, 4) is 0 Å². The number of halogens is 3. The Labute approximate surface area is 125 Å². The number of nitrogens with zero attached hydrogens (tertiary/aromatic N) is 1. The van der Waals surface area contributed by atoms with Crippen molar-refractivity contribution in [2.45, 2.75) is 45.5 Å². The minimum Gasteiger partial charge on any atom is -0.317 e. The number of piperidine rings is 1. The number of alkyl halides is 3. The molecule has 1 saturated heterocycles. The second-order valence-corrected chi connectivity index (χ2v) is 4.99. The van der Waals surface area contributed by atoms with Crippen LogP contribution in [0, 0.1) is 0 Å². The van der Waals surface area contributed by atoms with E-state index in [0.29, 0.717) is 6.54 Å². The molecule has 1 aliphatic heterocycles. The fourth-order valence-corrected chi connectivity index (χ4v) is 2.53. The van der Waals surface area contributed by atoms with Gasteiger partial charge in [-0.3, -0.25) is 4.90 Å². The van der Waals surface area contributed by atoms with Crippen LogP contribution in [0.5, 0.6) is 0 Å². The summed E-state index contributed by atoms with van der Waals surface area (Å²) < 4.78 is 38.1. The topological polar surface area (TPSA) is 15.3 Å². The fourth-order valence-electron chi connectivity index (χ4n) is 2.53. The molecule has 0 bridgehead atoms. The summed E-state index contributed by atoms with van der Waals surface area (Å²) in [6.45, 7) is 5.14. The van der Waals surface area contributed by atoms with Crippen LogP contribution in [0.4, 0.5) is 13.2 Å². The van der Waals surface area contributed by atoms with Crippen molar-refractivity contribution in [3.63, 3.8) is 0 Å². The molecule has 0 radical (unpaired) electrons. The molecule has 1 aromatic rings. The summed E-state index contributed by atoms with van der Waals surface area (Å²) in [6, 6.07) is 9.38. The Morgan fingerprint density at radius 3 is 2.19 bits per heavy atom. The van der Waals surface area contributed by atoms with Gasteiger partial charge in [-0.1, -0.05) is 44.2 Å². The molecule has 120 valence electrons. The van der Waals surface area contributed by atoms with E-state index in [4.69, 9.17) is 0 Å². The van der Waals surface area contributed by atoms with Crippen LogP contribution in [0.1, 0.15) is 32.3 Å². The molecular weight excluding hydrogens is 277 g/mol. The van der Waals surface area contributed by atoms with Crippen molar-refractivity contribution >= 4 is 0 Å². The normalized spacial score (nSPS) is 16.5. The molecule has 0 unspecified atom stereocenters. The van der Waals surface area contributed by atoms with Crippen LogP contribution in [0.25, 0.3) is 0 Å². The van der Waals surface area contributed by atoms with Gasteiger partial charge in [-0.15, -0.1) is 0 Å². The molecule has 1 fully saturated rings. The van der Waals surface area contributed by atoms with Gasteiger partial charge in [-0.05, 0) is 31.5 Å². The van der Waals surface area contributed by atoms with Gasteiger partial charge in [0.15, 0.2) is 0 Å². The second kappa shape index (κ2) is 9.05. The first-order valence-corrected chi connectivity index (χ1v) is 7.60. The number of nitrogens with one attached hydrogen (secondary N) is 1. The van der Waals surface area contributed by atoms with Crippen molar-refractivity contribution in [2.75, 3.05) is 19.6 Å². The molecule has 1 aliphatic rings. The van der Waals surface area contributed by atoms with Gasteiger partial charge in [-0.25, -0.2) is 0 Å². The summed E-state index contributed by atoms with van der Waals surface area (Å²) >= 11 is 0. The molecule has 21 heavy (non-hydrogen) atoms. The Balaban J connectivity index is 0.00000106. The third-order valence-electron chi connectivity index (χ3n) is 3.44. The minimum absolute atomic E-state index is 0.0167. The van der Waals surface area contributed by atoms with E-state index >= 15 is 0 Å². The van der Waals surface area contributed by atoms with Gasteiger partial charge in [0.2, 0.25) is 0 Å². The molecule has 5 heteroatoms. The molecule has 0 aromatic heterocycles. The average Bonchev–Trinajstić information content (AvgIpc) is 2.49. The highest BCUT2D eigenvalue weighted by Crippen LogP contribution is 2.23. The predicted octanol–water partition coefficient (Wildman–Crippen LogP) is 3.83. The lowest BCUT2D eigenvalue weighted by Gasteiger charge is -2.35. The lowest BCUT2D eigenvalue weighted by Crippen LogP contribution is -2.46. The van der Waals surface area contributed by atoms with Crippen LogP contribution < -0.4 is 5.32 Å². The van der Waals surface area contributed by atoms with Crippen LogP contribution >= 0.6 is 0 Å². The monoisotopic (exact) mass is 302 g/mol. The summed E-state index contributed by atoms with van der Waals surface area (Å²) in [5.74, 6) is 0. The molecule has 2 rings (SSSR count). The largest absolute Gasteiger partial charge is 0.401 e. The van der Waals surface area contributed by atoms with Crippen LogP contribution in [-0.2, 0) is 6.54 Å². The van der Waals surface area contributed by atoms with Gasteiger partial charge in [0.1, 0.15) is 0 Å². The predicted molar refractivity (Wildman–Crippen MR) is 80.1 cm³/mol. The highest BCUT2D eigenvalue weighted by molar-refractivity contribution is 5.14. The van der Waals surface area contributed by atoms with Gasteiger partial charge in [0, 0.05) is 12.6 Å². The number of hydrogen-bond acceptors (Lipinski definition) is 2. The van der Waals surface area contributed by atoms with Crippen molar-refractivity contribution < 1.29 is 13.2 Å². The third kappa shape index (κ3) is 6.96. The van der Waals surface area contributed by atoms with Crippen LogP contribution in [0.2, 0.25) is 0 Å². The Hall–Kier alpha value is -1.07. The van der Waals surface area contributed by atoms with Crippen molar-refractivity contribution in [1.82, 2.24) is 10.2 Å². The summed E-state index contributed by atoms with van der Waals surface area (Å²) in [5.41, 5.74) is 0.935. The van der Waals surface area contributed by atoms with Crippen molar-refractivity contribution in [2.24, 2.45) is 0 Å². The Bertz CT molecular complexity index is 373. The van der Waals surface area contributed by atoms with Gasteiger partial charge in [-0.2, -0.15) is 13.2 Å². The Morgan fingerprint density at radius 2 is 1.67 bits per heavy atom. The van der Waals surface area contributed by atoms with Gasteiger partial charge >= 0.3 is 6.18 Å². The zero-order chi connectivity index (χ0) is 15.7. The smallest absolute Gasteiger partial charge is 0.317 e. The van der Waals surface area contributed by atoms with E-state index in [-0.39, 0.29) is 6.04 Å². The van der Waals surface area contributed by atoms with E-state index in [9.17, 15) is 13.2 Å².